The molecule has 1 aromatic heterocycles. The van der Waals surface area contributed by atoms with Crippen LogP contribution in [0.4, 0.5) is 5.13 Å². The molecule has 2 aromatic rings. The summed E-state index contributed by atoms with van der Waals surface area (Å²) >= 11 is 7.73. The van der Waals surface area contributed by atoms with E-state index in [-0.39, 0.29) is 12.0 Å². The van der Waals surface area contributed by atoms with Crippen LogP contribution in [0.3, 0.4) is 0 Å². The zero-order chi connectivity index (χ0) is 20.8. The predicted octanol–water partition coefficient (Wildman–Crippen LogP) is 3.19. The molecule has 158 valence electrons. The van der Waals surface area contributed by atoms with E-state index >= 15 is 0 Å². The van der Waals surface area contributed by atoms with Gasteiger partial charge in [0.05, 0.1) is 34.1 Å². The molecular formula is C19H24ClN3O4S2. The predicted molar refractivity (Wildman–Crippen MR) is 115 cm³/mol. The maximum Gasteiger partial charge on any atom is 0.247 e. The molecule has 1 amide bonds. The summed E-state index contributed by atoms with van der Waals surface area (Å²) in [6, 6.07) is 3.04. The SMILES string of the molecule is Cc1ccc(Cl)c2sc(N(CC3CCCO3)C(=O)C3CCCN3S(C)(=O)=O)nc12. The molecule has 2 fully saturated rings. The van der Waals surface area contributed by atoms with Gasteiger partial charge in [0, 0.05) is 13.2 Å². The number of ether oxygens (including phenoxy) is 1. The fourth-order valence-corrected chi connectivity index (χ4v) is 6.47. The van der Waals surface area contributed by atoms with Crippen molar-refractivity contribution in [3.8, 4) is 0 Å². The van der Waals surface area contributed by atoms with Gasteiger partial charge in [-0.15, -0.1) is 0 Å². The van der Waals surface area contributed by atoms with E-state index in [2.05, 4.69) is 0 Å². The number of fused-ring (bicyclic) bond motifs is 1. The number of aromatic nitrogens is 1. The number of hydrogen-bond acceptors (Lipinski definition) is 6. The third-order valence-electron chi connectivity index (χ3n) is 5.51. The largest absolute Gasteiger partial charge is 0.376 e. The normalized spacial score (nSPS) is 23.1. The molecule has 2 aliphatic rings. The summed E-state index contributed by atoms with van der Waals surface area (Å²) in [4.78, 5) is 19.9. The number of sulfonamides is 1. The molecule has 3 heterocycles. The molecule has 0 aliphatic carbocycles. The molecule has 4 rings (SSSR count). The van der Waals surface area contributed by atoms with Gasteiger partial charge >= 0.3 is 0 Å². The lowest BCUT2D eigenvalue weighted by Gasteiger charge is -2.29. The molecule has 0 radical (unpaired) electrons. The monoisotopic (exact) mass is 457 g/mol. The summed E-state index contributed by atoms with van der Waals surface area (Å²) < 4.78 is 32.3. The van der Waals surface area contributed by atoms with Crippen LogP contribution in [0.5, 0.6) is 0 Å². The van der Waals surface area contributed by atoms with Crippen molar-refractivity contribution in [3.63, 3.8) is 0 Å². The van der Waals surface area contributed by atoms with Crippen molar-refractivity contribution in [1.29, 1.82) is 0 Å². The molecule has 1 aromatic carbocycles. The molecule has 29 heavy (non-hydrogen) atoms. The molecule has 0 spiro atoms. The van der Waals surface area contributed by atoms with E-state index in [0.717, 1.165) is 34.9 Å². The maximum absolute atomic E-state index is 13.5. The fourth-order valence-electron chi connectivity index (χ4n) is 4.02. The van der Waals surface area contributed by atoms with Gasteiger partial charge in [-0.25, -0.2) is 13.4 Å². The number of halogens is 1. The number of thiazole rings is 1. The van der Waals surface area contributed by atoms with E-state index in [4.69, 9.17) is 21.3 Å². The molecule has 2 atom stereocenters. The first-order valence-electron chi connectivity index (χ1n) is 9.71. The Morgan fingerprint density at radius 3 is 2.83 bits per heavy atom. The highest BCUT2D eigenvalue weighted by Crippen LogP contribution is 2.37. The number of anilines is 1. The third-order valence-corrected chi connectivity index (χ3v) is 8.34. The Hall–Kier alpha value is -1.26. The van der Waals surface area contributed by atoms with Crippen molar-refractivity contribution in [1.82, 2.24) is 9.29 Å². The van der Waals surface area contributed by atoms with Crippen molar-refractivity contribution in [2.24, 2.45) is 0 Å². The van der Waals surface area contributed by atoms with Crippen molar-refractivity contribution in [3.05, 3.63) is 22.7 Å². The van der Waals surface area contributed by atoms with Crippen molar-refractivity contribution in [2.75, 3.05) is 30.9 Å². The van der Waals surface area contributed by atoms with Crippen LogP contribution in [0.25, 0.3) is 10.2 Å². The second-order valence-corrected chi connectivity index (χ2v) is 11.0. The molecule has 2 aliphatic heterocycles. The first-order valence-corrected chi connectivity index (χ1v) is 12.8. The van der Waals surface area contributed by atoms with Crippen LogP contribution in [-0.2, 0) is 19.6 Å². The van der Waals surface area contributed by atoms with Gasteiger partial charge in [0.2, 0.25) is 15.9 Å². The van der Waals surface area contributed by atoms with E-state index in [9.17, 15) is 13.2 Å². The van der Waals surface area contributed by atoms with Crippen LogP contribution in [0.1, 0.15) is 31.2 Å². The Labute approximate surface area is 179 Å². The number of hydrogen-bond donors (Lipinski definition) is 0. The van der Waals surface area contributed by atoms with Gasteiger partial charge in [-0.05, 0) is 44.2 Å². The molecule has 0 saturated carbocycles. The number of amides is 1. The van der Waals surface area contributed by atoms with Gasteiger partial charge in [-0.2, -0.15) is 4.31 Å². The van der Waals surface area contributed by atoms with E-state index in [1.165, 1.54) is 15.6 Å². The van der Waals surface area contributed by atoms with Gasteiger partial charge in [0.15, 0.2) is 5.13 Å². The first-order chi connectivity index (χ1) is 13.8. The molecular weight excluding hydrogens is 434 g/mol. The second-order valence-electron chi connectivity index (χ2n) is 7.65. The lowest BCUT2D eigenvalue weighted by molar-refractivity contribution is -0.122. The molecule has 2 saturated heterocycles. The smallest absolute Gasteiger partial charge is 0.247 e. The molecule has 0 bridgehead atoms. The van der Waals surface area contributed by atoms with Crippen molar-refractivity contribution >= 4 is 54.2 Å². The van der Waals surface area contributed by atoms with Crippen LogP contribution >= 0.6 is 22.9 Å². The van der Waals surface area contributed by atoms with Crippen LogP contribution in [0.15, 0.2) is 12.1 Å². The van der Waals surface area contributed by atoms with Gasteiger partial charge in [-0.1, -0.05) is 29.0 Å². The number of benzene rings is 1. The minimum Gasteiger partial charge on any atom is -0.376 e. The Balaban J connectivity index is 1.73. The minimum absolute atomic E-state index is 0.0735. The average Bonchev–Trinajstić information content (AvgIpc) is 3.41. The lowest BCUT2D eigenvalue weighted by atomic mass is 10.2. The summed E-state index contributed by atoms with van der Waals surface area (Å²) in [5.74, 6) is -0.240. The quantitative estimate of drug-likeness (QED) is 0.688. The highest BCUT2D eigenvalue weighted by atomic mass is 35.5. The fraction of sp³-hybridized carbons (Fsp3) is 0.579. The summed E-state index contributed by atoms with van der Waals surface area (Å²) in [5, 5.41) is 1.13. The summed E-state index contributed by atoms with van der Waals surface area (Å²) in [7, 11) is -3.46. The van der Waals surface area contributed by atoms with E-state index in [1.54, 1.807) is 4.90 Å². The zero-order valence-corrected chi connectivity index (χ0v) is 18.8. The first kappa shape index (κ1) is 21.0. The highest BCUT2D eigenvalue weighted by molar-refractivity contribution is 7.88. The number of nitrogens with zero attached hydrogens (tertiary/aromatic N) is 3. The third kappa shape index (κ3) is 4.16. The molecule has 7 nitrogen and oxygen atoms in total. The number of aryl methyl sites for hydroxylation is 1. The Bertz CT molecular complexity index is 994. The van der Waals surface area contributed by atoms with Gasteiger partial charge in [-0.3, -0.25) is 9.69 Å². The van der Waals surface area contributed by atoms with Crippen LogP contribution in [0, 0.1) is 6.92 Å². The molecule has 0 N–H and O–H groups in total. The average molecular weight is 458 g/mol. The Morgan fingerprint density at radius 1 is 1.38 bits per heavy atom. The highest BCUT2D eigenvalue weighted by Gasteiger charge is 2.40. The number of carbonyl (C=O) groups is 1. The summed E-state index contributed by atoms with van der Waals surface area (Å²) in [5.41, 5.74) is 1.75. The molecule has 2 unspecified atom stereocenters. The number of carbonyl (C=O) groups excluding carboxylic acids is 1. The van der Waals surface area contributed by atoms with Crippen molar-refractivity contribution in [2.45, 2.75) is 44.8 Å². The van der Waals surface area contributed by atoms with Crippen molar-refractivity contribution < 1.29 is 17.9 Å². The lowest BCUT2D eigenvalue weighted by Crippen LogP contribution is -2.49. The van der Waals surface area contributed by atoms with Gasteiger partial charge < -0.3 is 4.74 Å². The minimum atomic E-state index is -3.46. The maximum atomic E-state index is 13.5. The van der Waals surface area contributed by atoms with Crippen LogP contribution in [0.2, 0.25) is 5.02 Å². The second kappa shape index (κ2) is 8.11. The van der Waals surface area contributed by atoms with Gasteiger partial charge in [0.1, 0.15) is 6.04 Å². The zero-order valence-electron chi connectivity index (χ0n) is 16.4. The van der Waals surface area contributed by atoms with E-state index in [1.807, 2.05) is 19.1 Å². The van der Waals surface area contributed by atoms with Gasteiger partial charge in [0.25, 0.3) is 0 Å². The summed E-state index contributed by atoms with van der Waals surface area (Å²) in [6.45, 7) is 3.37. The van der Waals surface area contributed by atoms with Crippen LogP contribution < -0.4 is 4.90 Å². The Kier molecular flexibility index (Phi) is 5.87. The van der Waals surface area contributed by atoms with E-state index < -0.39 is 16.1 Å². The Morgan fingerprint density at radius 2 is 2.17 bits per heavy atom. The number of rotatable bonds is 5. The van der Waals surface area contributed by atoms with E-state index in [0.29, 0.717) is 42.7 Å². The van der Waals surface area contributed by atoms with Crippen LogP contribution in [-0.4, -0.2) is 61.7 Å². The summed E-state index contributed by atoms with van der Waals surface area (Å²) in [6.07, 6.45) is 4.09. The molecule has 10 heteroatoms. The standard InChI is InChI=1S/C19H24ClN3O4S2/c1-12-7-8-14(20)17-16(12)21-19(28-17)22(11-13-5-4-10-27-13)18(24)15-6-3-9-23(15)29(2,25)26/h7-8,13,15H,3-6,9-11H2,1-2H3. The topological polar surface area (TPSA) is 79.8 Å².